The average molecular weight is 859 g/mol. The van der Waals surface area contributed by atoms with Gasteiger partial charge in [0.15, 0.2) is 6.10 Å². The number of esters is 2. The van der Waals surface area contributed by atoms with E-state index in [4.69, 9.17) is 14.2 Å². The Morgan fingerprint density at radius 3 is 1.13 bits per heavy atom. The molecular formula is C57H94O5. The van der Waals surface area contributed by atoms with Crippen LogP contribution < -0.4 is 0 Å². The molecule has 0 spiro atoms. The monoisotopic (exact) mass is 859 g/mol. The highest BCUT2D eigenvalue weighted by Gasteiger charge is 2.17. The number of hydrogen-bond donors (Lipinski definition) is 0. The van der Waals surface area contributed by atoms with Gasteiger partial charge >= 0.3 is 11.9 Å². The molecule has 0 aromatic carbocycles. The Morgan fingerprint density at radius 1 is 0.371 bits per heavy atom. The summed E-state index contributed by atoms with van der Waals surface area (Å²) in [6.07, 6.45) is 71.4. The maximum atomic E-state index is 12.7. The first-order valence-corrected chi connectivity index (χ1v) is 25.4. The van der Waals surface area contributed by atoms with E-state index in [9.17, 15) is 9.59 Å². The summed E-state index contributed by atoms with van der Waals surface area (Å²) in [7, 11) is 0. The summed E-state index contributed by atoms with van der Waals surface area (Å²) in [6.45, 7) is 7.31. The first-order chi connectivity index (χ1) is 30.6. The first kappa shape index (κ1) is 58.6. The summed E-state index contributed by atoms with van der Waals surface area (Å²) in [5, 5.41) is 0. The van der Waals surface area contributed by atoms with Crippen molar-refractivity contribution in [3.05, 3.63) is 109 Å². The van der Waals surface area contributed by atoms with Crippen molar-refractivity contribution in [2.24, 2.45) is 0 Å². The van der Waals surface area contributed by atoms with Gasteiger partial charge in [-0.3, -0.25) is 9.59 Å². The van der Waals surface area contributed by atoms with Crippen LogP contribution >= 0.6 is 0 Å². The molecule has 0 rings (SSSR count). The van der Waals surface area contributed by atoms with Crippen LogP contribution in [0.4, 0.5) is 0 Å². The normalized spacial score (nSPS) is 13.1. The zero-order chi connectivity index (χ0) is 44.9. The highest BCUT2D eigenvalue weighted by molar-refractivity contribution is 5.70. The minimum absolute atomic E-state index is 0.0230. The molecule has 1 atom stereocenters. The molecule has 0 fully saturated rings. The molecule has 0 amide bonds. The number of allylic oxidation sites excluding steroid dienone is 17. The van der Waals surface area contributed by atoms with Crippen molar-refractivity contribution >= 4 is 11.9 Å². The van der Waals surface area contributed by atoms with Crippen molar-refractivity contribution in [1.29, 1.82) is 0 Å². The third kappa shape index (κ3) is 49.2. The van der Waals surface area contributed by atoms with Crippen molar-refractivity contribution in [3.8, 4) is 0 Å². The summed E-state index contributed by atoms with van der Waals surface area (Å²) in [5.41, 5.74) is 0. The number of carbonyl (C=O) groups excluding carboxylic acids is 2. The zero-order valence-electron chi connectivity index (χ0n) is 40.3. The fourth-order valence-electron chi connectivity index (χ4n) is 6.65. The molecule has 1 unspecified atom stereocenters. The lowest BCUT2D eigenvalue weighted by atomic mass is 10.0. The predicted octanol–water partition coefficient (Wildman–Crippen LogP) is 17.2. The number of hydrogen-bond acceptors (Lipinski definition) is 5. The highest BCUT2D eigenvalue weighted by atomic mass is 16.6. The molecule has 0 aromatic heterocycles. The van der Waals surface area contributed by atoms with Crippen molar-refractivity contribution in [3.63, 3.8) is 0 Å². The third-order valence-electron chi connectivity index (χ3n) is 10.3. The van der Waals surface area contributed by atoms with E-state index < -0.39 is 6.10 Å². The van der Waals surface area contributed by atoms with Gasteiger partial charge in [-0.1, -0.05) is 233 Å². The molecule has 0 saturated carbocycles. The molecule has 5 heteroatoms. The van der Waals surface area contributed by atoms with Crippen molar-refractivity contribution in [2.75, 3.05) is 19.8 Å². The van der Waals surface area contributed by atoms with E-state index in [1.165, 1.54) is 89.9 Å². The Labute approximate surface area is 383 Å². The molecular weight excluding hydrogens is 765 g/mol. The topological polar surface area (TPSA) is 61.8 Å². The van der Waals surface area contributed by atoms with E-state index in [2.05, 4.69) is 124 Å². The molecule has 0 aliphatic carbocycles. The van der Waals surface area contributed by atoms with Crippen LogP contribution in [0.15, 0.2) is 109 Å². The van der Waals surface area contributed by atoms with Gasteiger partial charge in [0, 0.05) is 12.8 Å². The van der Waals surface area contributed by atoms with Crippen LogP contribution in [0.1, 0.15) is 213 Å². The summed E-state index contributed by atoms with van der Waals surface area (Å²) in [6, 6.07) is 0. The quantitative estimate of drug-likeness (QED) is 0.0347. The van der Waals surface area contributed by atoms with Gasteiger partial charge in [0.2, 0.25) is 0 Å². The molecule has 0 aliphatic heterocycles. The second-order valence-corrected chi connectivity index (χ2v) is 16.3. The van der Waals surface area contributed by atoms with Crippen LogP contribution in [0.25, 0.3) is 0 Å². The van der Waals surface area contributed by atoms with Crippen LogP contribution in [-0.2, 0) is 23.8 Å². The van der Waals surface area contributed by atoms with Gasteiger partial charge in [-0.05, 0) is 77.0 Å². The van der Waals surface area contributed by atoms with Crippen LogP contribution in [0.2, 0.25) is 0 Å². The lowest BCUT2D eigenvalue weighted by Crippen LogP contribution is -2.30. The van der Waals surface area contributed by atoms with E-state index in [0.29, 0.717) is 19.4 Å². The van der Waals surface area contributed by atoms with Gasteiger partial charge in [-0.15, -0.1) is 0 Å². The number of ether oxygens (including phenoxy) is 3. The van der Waals surface area contributed by atoms with Gasteiger partial charge in [-0.2, -0.15) is 0 Å². The van der Waals surface area contributed by atoms with Crippen LogP contribution in [-0.4, -0.2) is 37.9 Å². The molecule has 0 bridgehead atoms. The third-order valence-corrected chi connectivity index (χ3v) is 10.3. The number of rotatable bonds is 45. The fraction of sp³-hybridized carbons (Fsp3) is 0.649. The molecule has 0 radical (unpaired) electrons. The minimum atomic E-state index is -0.618. The predicted molar refractivity (Wildman–Crippen MR) is 269 cm³/mol. The van der Waals surface area contributed by atoms with E-state index in [-0.39, 0.29) is 31.6 Å². The Balaban J connectivity index is 4.44. The highest BCUT2D eigenvalue weighted by Crippen LogP contribution is 2.15. The molecule has 62 heavy (non-hydrogen) atoms. The zero-order valence-corrected chi connectivity index (χ0v) is 40.3. The fourth-order valence-corrected chi connectivity index (χ4v) is 6.65. The van der Waals surface area contributed by atoms with Crippen LogP contribution in [0, 0.1) is 0 Å². The van der Waals surface area contributed by atoms with E-state index in [1.807, 2.05) is 6.08 Å². The summed E-state index contributed by atoms with van der Waals surface area (Å²) in [5.74, 6) is -0.534. The largest absolute Gasteiger partial charge is 0.462 e. The van der Waals surface area contributed by atoms with E-state index in [1.54, 1.807) is 0 Å². The number of carbonyl (C=O) groups is 2. The first-order valence-electron chi connectivity index (χ1n) is 25.4. The van der Waals surface area contributed by atoms with Crippen molar-refractivity contribution in [1.82, 2.24) is 0 Å². The van der Waals surface area contributed by atoms with Gasteiger partial charge in [0.1, 0.15) is 6.61 Å². The Kier molecular flexibility index (Phi) is 49.0. The molecule has 5 nitrogen and oxygen atoms in total. The van der Waals surface area contributed by atoms with Crippen LogP contribution in [0.5, 0.6) is 0 Å². The molecule has 352 valence electrons. The van der Waals surface area contributed by atoms with Gasteiger partial charge in [-0.25, -0.2) is 0 Å². The maximum Gasteiger partial charge on any atom is 0.306 e. The molecule has 0 aliphatic rings. The Morgan fingerprint density at radius 2 is 0.726 bits per heavy atom. The second kappa shape index (κ2) is 51.9. The molecule has 0 heterocycles. The Hall–Kier alpha value is -3.44. The van der Waals surface area contributed by atoms with Gasteiger partial charge in [0.05, 0.1) is 13.2 Å². The SMILES string of the molecule is CC/C=C\C/C=C\C/C=C\C/C=C\C/C=C\CCOCC(COC(=O)CCCCCCCCCCCCCCCCCCC)OC(=O)CC/C=C\C/C=C\C/C=C\C/C=C\CC. The lowest BCUT2D eigenvalue weighted by Gasteiger charge is -2.18. The van der Waals surface area contributed by atoms with Crippen LogP contribution in [0.3, 0.4) is 0 Å². The van der Waals surface area contributed by atoms with E-state index >= 15 is 0 Å². The summed E-state index contributed by atoms with van der Waals surface area (Å²) in [4.78, 5) is 25.3. The number of unbranched alkanes of at least 4 members (excludes halogenated alkanes) is 16. The molecule has 0 saturated heterocycles. The van der Waals surface area contributed by atoms with Crippen molar-refractivity contribution < 1.29 is 23.8 Å². The average Bonchev–Trinajstić information content (AvgIpc) is 3.27. The standard InChI is InChI=1S/C57H94O5/c1-4-7-10-13-16-19-22-25-27-29-30-33-35-38-41-44-47-50-56(58)61-54-55(62-57(59)51-48-45-42-39-36-32-24-21-18-15-12-9-6-3)53-60-52-49-46-43-40-37-34-31-28-26-23-20-17-14-11-8-5-2/h8-9,11-12,17-18,20-21,26,28,32,34,36-37,42-43,45-46,55H,4-7,10,13-16,19,22-25,27,29-31,33,35,38-41,44,47-54H2,1-3H3/b11-8-,12-9-,20-17-,21-18-,28-26-,36-32-,37-34-,45-42-,46-43-. The summed E-state index contributed by atoms with van der Waals surface area (Å²) < 4.78 is 17.2. The molecule has 0 aromatic rings. The van der Waals surface area contributed by atoms with Gasteiger partial charge in [0.25, 0.3) is 0 Å². The van der Waals surface area contributed by atoms with Crippen molar-refractivity contribution in [2.45, 2.75) is 219 Å². The van der Waals surface area contributed by atoms with Gasteiger partial charge < -0.3 is 14.2 Å². The maximum absolute atomic E-state index is 12.7. The van der Waals surface area contributed by atoms with E-state index in [0.717, 1.165) is 83.5 Å². The second-order valence-electron chi connectivity index (χ2n) is 16.3. The molecule has 0 N–H and O–H groups in total. The smallest absolute Gasteiger partial charge is 0.306 e. The summed E-state index contributed by atoms with van der Waals surface area (Å²) >= 11 is 0. The Bertz CT molecular complexity index is 1250. The lowest BCUT2D eigenvalue weighted by molar-refractivity contribution is -0.162. The minimum Gasteiger partial charge on any atom is -0.462 e.